The summed E-state index contributed by atoms with van der Waals surface area (Å²) in [4.78, 5) is 12.1. The van der Waals surface area contributed by atoms with Crippen LogP contribution in [0.4, 0.5) is 0 Å². The SMILES string of the molecule is CCCCC[P+](c1ccccc1)(c1ccccc1)c1ccccc1C(=O)O.[Br-]. The van der Waals surface area contributed by atoms with Gasteiger partial charge in [0.05, 0.1) is 6.16 Å². The van der Waals surface area contributed by atoms with Crippen LogP contribution in [0.2, 0.25) is 0 Å². The first-order valence-electron chi connectivity index (χ1n) is 9.52. The molecule has 0 saturated carbocycles. The lowest BCUT2D eigenvalue weighted by Gasteiger charge is -2.28. The molecule has 0 bridgehead atoms. The molecule has 0 aliphatic carbocycles. The van der Waals surface area contributed by atoms with Gasteiger partial charge in [-0.05, 0) is 42.8 Å². The molecule has 0 atom stereocenters. The van der Waals surface area contributed by atoms with Gasteiger partial charge in [-0.25, -0.2) is 4.79 Å². The second-order valence-electron chi connectivity index (χ2n) is 6.73. The number of halogens is 1. The van der Waals surface area contributed by atoms with Crippen LogP contribution in [0.25, 0.3) is 0 Å². The summed E-state index contributed by atoms with van der Waals surface area (Å²) >= 11 is 0. The summed E-state index contributed by atoms with van der Waals surface area (Å²) in [5, 5.41) is 13.4. The molecule has 0 aliphatic rings. The highest BCUT2D eigenvalue weighted by atomic mass is 79.9. The van der Waals surface area contributed by atoms with Gasteiger partial charge in [-0.1, -0.05) is 68.3 Å². The third-order valence-corrected chi connectivity index (χ3v) is 9.60. The fourth-order valence-corrected chi connectivity index (χ4v) is 8.35. The summed E-state index contributed by atoms with van der Waals surface area (Å²) in [7, 11) is -2.06. The number of aromatic carboxylic acids is 1. The predicted molar refractivity (Wildman–Crippen MR) is 116 cm³/mol. The predicted octanol–water partition coefficient (Wildman–Crippen LogP) is 1.87. The smallest absolute Gasteiger partial charge is 0.339 e. The van der Waals surface area contributed by atoms with Crippen LogP contribution >= 0.6 is 7.26 Å². The molecule has 0 spiro atoms. The summed E-state index contributed by atoms with van der Waals surface area (Å²) in [6.45, 7) is 2.20. The van der Waals surface area contributed by atoms with Gasteiger partial charge in [-0.3, -0.25) is 0 Å². The molecule has 0 aromatic heterocycles. The number of carboxylic acids is 1. The molecule has 3 aromatic carbocycles. The molecule has 3 rings (SSSR count). The van der Waals surface area contributed by atoms with Crippen molar-refractivity contribution in [1.29, 1.82) is 0 Å². The number of carboxylic acid groups (broad SMARTS) is 1. The molecule has 2 nitrogen and oxygen atoms in total. The Kier molecular flexibility index (Phi) is 8.41. The molecule has 0 heterocycles. The Morgan fingerprint density at radius 2 is 1.29 bits per heavy atom. The Balaban J connectivity index is 0.00000280. The summed E-state index contributed by atoms with van der Waals surface area (Å²) < 4.78 is 0. The molecular weight excluding hydrogens is 431 g/mol. The Hall–Kier alpha value is -1.96. The van der Waals surface area contributed by atoms with Crippen molar-refractivity contribution in [2.24, 2.45) is 0 Å². The normalized spacial score (nSPS) is 10.9. The van der Waals surface area contributed by atoms with E-state index in [1.165, 1.54) is 10.6 Å². The Bertz CT molecular complexity index is 842. The van der Waals surface area contributed by atoms with Crippen LogP contribution in [0.3, 0.4) is 0 Å². The van der Waals surface area contributed by atoms with Gasteiger partial charge in [0.2, 0.25) is 0 Å². The van der Waals surface area contributed by atoms with Crippen LogP contribution in [0.15, 0.2) is 84.9 Å². The van der Waals surface area contributed by atoms with Crippen LogP contribution in [0.5, 0.6) is 0 Å². The zero-order chi connectivity index (χ0) is 19.1. The fraction of sp³-hybridized carbons (Fsp3) is 0.208. The van der Waals surface area contributed by atoms with E-state index in [0.29, 0.717) is 5.56 Å². The zero-order valence-electron chi connectivity index (χ0n) is 16.1. The Morgan fingerprint density at radius 1 is 0.786 bits per heavy atom. The summed E-state index contributed by atoms with van der Waals surface area (Å²) in [5.74, 6) is -0.850. The second-order valence-corrected chi connectivity index (χ2v) is 10.3. The van der Waals surface area contributed by atoms with Crippen molar-refractivity contribution in [2.45, 2.75) is 26.2 Å². The number of hydrogen-bond donors (Lipinski definition) is 1. The fourth-order valence-electron chi connectivity index (χ4n) is 3.76. The van der Waals surface area contributed by atoms with E-state index >= 15 is 0 Å². The molecule has 0 saturated heterocycles. The van der Waals surface area contributed by atoms with Crippen molar-refractivity contribution >= 4 is 29.1 Å². The van der Waals surface area contributed by atoms with E-state index in [2.05, 4.69) is 55.5 Å². The first-order chi connectivity index (χ1) is 13.2. The van der Waals surface area contributed by atoms with Gasteiger partial charge in [0, 0.05) is 0 Å². The Labute approximate surface area is 178 Å². The maximum Gasteiger partial charge on any atom is 0.339 e. The van der Waals surface area contributed by atoms with Gasteiger partial charge in [0.25, 0.3) is 0 Å². The number of rotatable bonds is 8. The van der Waals surface area contributed by atoms with E-state index in [-0.39, 0.29) is 17.0 Å². The maximum absolute atomic E-state index is 12.1. The molecule has 0 amide bonds. The lowest BCUT2D eigenvalue weighted by atomic mass is 10.2. The van der Waals surface area contributed by atoms with Crippen LogP contribution < -0.4 is 32.9 Å². The molecule has 0 unspecified atom stereocenters. The minimum Gasteiger partial charge on any atom is -1.00 e. The number of unbranched alkanes of at least 4 members (excludes halogenated alkanes) is 2. The molecule has 0 aliphatic heterocycles. The third-order valence-electron chi connectivity index (χ3n) is 5.04. The average molecular weight is 457 g/mol. The molecule has 0 fully saturated rings. The molecule has 1 N–H and O–H groups in total. The molecule has 4 heteroatoms. The first-order valence-corrected chi connectivity index (χ1v) is 11.5. The van der Waals surface area contributed by atoms with Crippen molar-refractivity contribution in [3.8, 4) is 0 Å². The van der Waals surface area contributed by atoms with E-state index in [1.54, 1.807) is 6.07 Å². The Morgan fingerprint density at radius 3 is 1.79 bits per heavy atom. The van der Waals surface area contributed by atoms with Crippen LogP contribution in [0, 0.1) is 0 Å². The van der Waals surface area contributed by atoms with Gasteiger partial charge in [0.15, 0.2) is 0 Å². The minimum atomic E-state index is -2.06. The maximum atomic E-state index is 12.1. The lowest BCUT2D eigenvalue weighted by Crippen LogP contribution is -3.00. The average Bonchev–Trinajstić information content (AvgIpc) is 2.73. The summed E-state index contributed by atoms with van der Waals surface area (Å²) in [6.07, 6.45) is 4.36. The van der Waals surface area contributed by atoms with Crippen molar-refractivity contribution in [1.82, 2.24) is 0 Å². The molecule has 0 radical (unpaired) electrons. The molecule has 146 valence electrons. The molecule has 3 aromatic rings. The number of hydrogen-bond acceptors (Lipinski definition) is 1. The quantitative estimate of drug-likeness (QED) is 0.415. The molecule has 28 heavy (non-hydrogen) atoms. The minimum absolute atomic E-state index is 0. The second kappa shape index (κ2) is 10.5. The van der Waals surface area contributed by atoms with E-state index in [4.69, 9.17) is 0 Å². The summed E-state index contributed by atoms with van der Waals surface area (Å²) in [5.41, 5.74) is 0.426. The van der Waals surface area contributed by atoms with E-state index in [9.17, 15) is 9.90 Å². The number of carbonyl (C=O) groups is 1. The molecular formula is C24H26BrO2P. The zero-order valence-corrected chi connectivity index (χ0v) is 18.6. The highest BCUT2D eigenvalue weighted by Crippen LogP contribution is 2.56. The van der Waals surface area contributed by atoms with Gasteiger partial charge in [-0.2, -0.15) is 0 Å². The summed E-state index contributed by atoms with van der Waals surface area (Å²) in [6, 6.07) is 28.6. The standard InChI is InChI=1S/C24H25O2P.BrH/c1-2-3-12-19-27(20-13-6-4-7-14-20,21-15-8-5-9-16-21)23-18-11-10-17-22(23)24(25)26;/h4-11,13-18H,2-3,12,19H2,1H3;1H. The van der Waals surface area contributed by atoms with Gasteiger partial charge in [0.1, 0.15) is 28.7 Å². The topological polar surface area (TPSA) is 37.3 Å². The van der Waals surface area contributed by atoms with Crippen molar-refractivity contribution < 1.29 is 26.9 Å². The highest BCUT2D eigenvalue weighted by molar-refractivity contribution is 7.95. The van der Waals surface area contributed by atoms with Gasteiger partial charge >= 0.3 is 5.97 Å². The van der Waals surface area contributed by atoms with Gasteiger partial charge < -0.3 is 22.1 Å². The van der Waals surface area contributed by atoms with Crippen molar-refractivity contribution in [2.75, 3.05) is 6.16 Å². The number of benzene rings is 3. The van der Waals surface area contributed by atoms with Crippen LogP contribution in [-0.4, -0.2) is 17.2 Å². The largest absolute Gasteiger partial charge is 1.00 e. The lowest BCUT2D eigenvalue weighted by molar-refractivity contribution is -0.0000209. The third kappa shape index (κ3) is 4.54. The first kappa shape index (κ1) is 22.3. The van der Waals surface area contributed by atoms with Gasteiger partial charge in [-0.15, -0.1) is 0 Å². The van der Waals surface area contributed by atoms with E-state index < -0.39 is 13.2 Å². The highest BCUT2D eigenvalue weighted by Gasteiger charge is 2.46. The van der Waals surface area contributed by atoms with E-state index in [0.717, 1.165) is 30.7 Å². The van der Waals surface area contributed by atoms with Crippen molar-refractivity contribution in [3.63, 3.8) is 0 Å². The van der Waals surface area contributed by atoms with Crippen LogP contribution in [-0.2, 0) is 0 Å². The van der Waals surface area contributed by atoms with Crippen molar-refractivity contribution in [3.05, 3.63) is 90.5 Å². The van der Waals surface area contributed by atoms with Crippen LogP contribution in [0.1, 0.15) is 36.5 Å². The monoisotopic (exact) mass is 456 g/mol. The van der Waals surface area contributed by atoms with E-state index in [1.807, 2.05) is 30.3 Å².